The lowest BCUT2D eigenvalue weighted by atomic mass is 10.2. The summed E-state index contributed by atoms with van der Waals surface area (Å²) in [7, 11) is 0. The van der Waals surface area contributed by atoms with Gasteiger partial charge in [-0.05, 0) is 41.4 Å². The average molecular weight is 259 g/mol. The lowest BCUT2D eigenvalue weighted by Crippen LogP contribution is -2.13. The van der Waals surface area contributed by atoms with E-state index in [-0.39, 0.29) is 0 Å². The minimum atomic E-state index is -0.592. The van der Waals surface area contributed by atoms with Gasteiger partial charge in [0.2, 0.25) is 0 Å². The minimum Gasteiger partial charge on any atom is -0.387 e. The van der Waals surface area contributed by atoms with Crippen LogP contribution in [0.1, 0.15) is 22.9 Å². The highest BCUT2D eigenvalue weighted by molar-refractivity contribution is 7.07. The van der Waals surface area contributed by atoms with Crippen LogP contribution in [0.25, 0.3) is 0 Å². The lowest BCUT2D eigenvalue weighted by molar-refractivity contribution is 0.192. The number of hydrogen-bond acceptors (Lipinski definition) is 5. The van der Waals surface area contributed by atoms with Crippen molar-refractivity contribution in [2.45, 2.75) is 13.0 Å². The molecule has 2 aromatic heterocycles. The van der Waals surface area contributed by atoms with Crippen LogP contribution in [0.3, 0.4) is 0 Å². The molecule has 0 aliphatic heterocycles. The summed E-state index contributed by atoms with van der Waals surface area (Å²) in [6, 6.07) is 7.47. The summed E-state index contributed by atoms with van der Waals surface area (Å²) in [5, 5.41) is 25.7. The van der Waals surface area contributed by atoms with Crippen LogP contribution in [0, 0.1) is 18.3 Å². The second-order valence-electron chi connectivity index (χ2n) is 3.91. The van der Waals surface area contributed by atoms with Gasteiger partial charge < -0.3 is 10.4 Å². The molecule has 0 aliphatic carbocycles. The standard InChI is InChI=1S/C13H13N3OS/c1-9-2-3-10(6-14)13(16-9)15-7-12(17)11-4-5-18-8-11/h2-5,8,12,17H,7H2,1H3,(H,15,16). The Hall–Kier alpha value is -1.90. The molecule has 2 N–H and O–H groups in total. The van der Waals surface area contributed by atoms with Crippen molar-refractivity contribution >= 4 is 17.2 Å². The third-order valence-corrected chi connectivity index (χ3v) is 3.25. The van der Waals surface area contributed by atoms with Crippen molar-refractivity contribution in [3.8, 4) is 6.07 Å². The van der Waals surface area contributed by atoms with Crippen LogP contribution in [0.2, 0.25) is 0 Å². The number of aryl methyl sites for hydroxylation is 1. The third-order valence-electron chi connectivity index (χ3n) is 2.55. The molecule has 0 saturated carbocycles. The van der Waals surface area contributed by atoms with Crippen LogP contribution in [0.5, 0.6) is 0 Å². The van der Waals surface area contributed by atoms with Crippen molar-refractivity contribution in [1.29, 1.82) is 5.26 Å². The number of anilines is 1. The Morgan fingerprint density at radius 2 is 2.33 bits per heavy atom. The highest BCUT2D eigenvalue weighted by Crippen LogP contribution is 2.18. The zero-order valence-corrected chi connectivity index (χ0v) is 10.7. The molecule has 4 nitrogen and oxygen atoms in total. The molecule has 2 heterocycles. The van der Waals surface area contributed by atoms with E-state index in [1.54, 1.807) is 23.5 Å². The smallest absolute Gasteiger partial charge is 0.144 e. The topological polar surface area (TPSA) is 68.9 Å². The summed E-state index contributed by atoms with van der Waals surface area (Å²) in [6.07, 6.45) is -0.592. The molecule has 0 fully saturated rings. The maximum Gasteiger partial charge on any atom is 0.144 e. The molecule has 2 rings (SSSR count). The largest absolute Gasteiger partial charge is 0.387 e. The average Bonchev–Trinajstić information content (AvgIpc) is 2.90. The molecule has 1 unspecified atom stereocenters. The van der Waals surface area contributed by atoms with Crippen molar-refractivity contribution < 1.29 is 5.11 Å². The summed E-state index contributed by atoms with van der Waals surface area (Å²) in [6.45, 7) is 2.20. The SMILES string of the molecule is Cc1ccc(C#N)c(NCC(O)c2ccsc2)n1. The molecule has 18 heavy (non-hydrogen) atoms. The van der Waals surface area contributed by atoms with Gasteiger partial charge in [-0.25, -0.2) is 4.98 Å². The summed E-state index contributed by atoms with van der Waals surface area (Å²) in [5.41, 5.74) is 2.19. The van der Waals surface area contributed by atoms with Gasteiger partial charge in [-0.15, -0.1) is 0 Å². The molecular weight excluding hydrogens is 246 g/mol. The number of pyridine rings is 1. The van der Waals surface area contributed by atoms with Gasteiger partial charge in [-0.2, -0.15) is 16.6 Å². The molecule has 0 aromatic carbocycles. The fraction of sp³-hybridized carbons (Fsp3) is 0.231. The first-order chi connectivity index (χ1) is 8.70. The molecule has 0 radical (unpaired) electrons. The van der Waals surface area contributed by atoms with Gasteiger partial charge >= 0.3 is 0 Å². The Morgan fingerprint density at radius 3 is 3.00 bits per heavy atom. The highest BCUT2D eigenvalue weighted by Gasteiger charge is 2.10. The molecule has 0 aliphatic rings. The van der Waals surface area contributed by atoms with E-state index in [0.29, 0.717) is 17.9 Å². The number of nitriles is 1. The predicted molar refractivity (Wildman–Crippen MR) is 71.5 cm³/mol. The van der Waals surface area contributed by atoms with Crippen molar-refractivity contribution in [1.82, 2.24) is 4.98 Å². The number of rotatable bonds is 4. The van der Waals surface area contributed by atoms with Crippen molar-refractivity contribution in [3.05, 3.63) is 45.8 Å². The van der Waals surface area contributed by atoms with Gasteiger partial charge in [0.05, 0.1) is 11.7 Å². The van der Waals surface area contributed by atoms with Crippen LogP contribution < -0.4 is 5.32 Å². The Balaban J connectivity index is 2.06. The normalized spacial score (nSPS) is 11.8. The van der Waals surface area contributed by atoms with Gasteiger partial charge in [0.15, 0.2) is 0 Å². The summed E-state index contributed by atoms with van der Waals surface area (Å²) >= 11 is 1.54. The second-order valence-corrected chi connectivity index (χ2v) is 4.69. The zero-order valence-electron chi connectivity index (χ0n) is 9.92. The van der Waals surface area contributed by atoms with E-state index < -0.39 is 6.10 Å². The minimum absolute atomic E-state index is 0.335. The molecule has 2 aromatic rings. The van der Waals surface area contributed by atoms with E-state index >= 15 is 0 Å². The first kappa shape index (κ1) is 12.6. The lowest BCUT2D eigenvalue weighted by Gasteiger charge is -2.12. The van der Waals surface area contributed by atoms with Crippen molar-refractivity contribution in [2.24, 2.45) is 0 Å². The number of nitrogens with zero attached hydrogens (tertiary/aromatic N) is 2. The van der Waals surface area contributed by atoms with Crippen molar-refractivity contribution in [3.63, 3.8) is 0 Å². The van der Waals surface area contributed by atoms with E-state index in [4.69, 9.17) is 5.26 Å². The highest BCUT2D eigenvalue weighted by atomic mass is 32.1. The molecule has 92 valence electrons. The van der Waals surface area contributed by atoms with Gasteiger partial charge in [0, 0.05) is 12.2 Å². The van der Waals surface area contributed by atoms with E-state index in [0.717, 1.165) is 11.3 Å². The summed E-state index contributed by atoms with van der Waals surface area (Å²) < 4.78 is 0. The summed E-state index contributed by atoms with van der Waals surface area (Å²) in [5.74, 6) is 0.520. The number of thiophene rings is 1. The van der Waals surface area contributed by atoms with Crippen LogP contribution in [-0.2, 0) is 0 Å². The molecule has 1 atom stereocenters. The molecule has 5 heteroatoms. The molecule has 0 bridgehead atoms. The number of nitrogens with one attached hydrogen (secondary N) is 1. The van der Waals surface area contributed by atoms with E-state index in [1.807, 2.05) is 23.8 Å². The van der Waals surface area contributed by atoms with Gasteiger partial charge in [0.1, 0.15) is 11.9 Å². The van der Waals surface area contributed by atoms with Crippen molar-refractivity contribution in [2.75, 3.05) is 11.9 Å². The summed E-state index contributed by atoms with van der Waals surface area (Å²) in [4.78, 5) is 4.26. The van der Waals surface area contributed by atoms with Gasteiger partial charge in [0.25, 0.3) is 0 Å². The predicted octanol–water partition coefficient (Wildman–Crippen LogP) is 2.47. The van der Waals surface area contributed by atoms with E-state index in [1.165, 1.54) is 0 Å². The van der Waals surface area contributed by atoms with Crippen LogP contribution in [0.4, 0.5) is 5.82 Å². The number of aliphatic hydroxyl groups is 1. The van der Waals surface area contributed by atoms with E-state index in [9.17, 15) is 5.11 Å². The molecule has 0 amide bonds. The number of aromatic nitrogens is 1. The number of hydrogen-bond donors (Lipinski definition) is 2. The van der Waals surface area contributed by atoms with Crippen LogP contribution in [0.15, 0.2) is 29.0 Å². The Labute approximate surface area is 110 Å². The zero-order chi connectivity index (χ0) is 13.0. The Kier molecular flexibility index (Phi) is 3.92. The van der Waals surface area contributed by atoms with Crippen LogP contribution in [-0.4, -0.2) is 16.6 Å². The maximum atomic E-state index is 9.94. The van der Waals surface area contributed by atoms with Gasteiger partial charge in [-0.3, -0.25) is 0 Å². The first-order valence-corrected chi connectivity index (χ1v) is 6.47. The maximum absolute atomic E-state index is 9.94. The van der Waals surface area contributed by atoms with Crippen LogP contribution >= 0.6 is 11.3 Å². The second kappa shape index (κ2) is 5.63. The number of aliphatic hydroxyl groups excluding tert-OH is 1. The van der Waals surface area contributed by atoms with E-state index in [2.05, 4.69) is 16.4 Å². The van der Waals surface area contributed by atoms with Gasteiger partial charge in [-0.1, -0.05) is 0 Å². The molecule has 0 spiro atoms. The fourth-order valence-corrected chi connectivity index (χ4v) is 2.26. The fourth-order valence-electron chi connectivity index (χ4n) is 1.56. The molecule has 0 saturated heterocycles. The quantitative estimate of drug-likeness (QED) is 0.885. The Morgan fingerprint density at radius 1 is 1.50 bits per heavy atom. The monoisotopic (exact) mass is 259 g/mol. The first-order valence-electron chi connectivity index (χ1n) is 5.52. The Bertz CT molecular complexity index is 560. The molecular formula is C13H13N3OS. The third kappa shape index (κ3) is 2.86.